The van der Waals surface area contributed by atoms with Gasteiger partial charge in [-0.2, -0.15) is 4.98 Å². The third-order valence-electron chi connectivity index (χ3n) is 2.20. The summed E-state index contributed by atoms with van der Waals surface area (Å²) in [7, 11) is 1.59. The summed E-state index contributed by atoms with van der Waals surface area (Å²) in [5.74, 6) is 0.909. The maximum atomic E-state index is 6.03. The fourth-order valence-corrected chi connectivity index (χ4v) is 2.49. The van der Waals surface area contributed by atoms with Crippen LogP contribution in [-0.4, -0.2) is 23.9 Å². The Kier molecular flexibility index (Phi) is 3.62. The first kappa shape index (κ1) is 12.7. The molecule has 2 N–H and O–H groups in total. The van der Waals surface area contributed by atoms with E-state index in [1.807, 2.05) is 11.4 Å². The molecule has 0 saturated heterocycles. The molecular formula is C10H12BrN3O2S. The lowest BCUT2D eigenvalue weighted by molar-refractivity contribution is 0.135. The predicted octanol–water partition coefficient (Wildman–Crippen LogP) is 2.38. The highest BCUT2D eigenvalue weighted by Crippen LogP contribution is 2.28. The van der Waals surface area contributed by atoms with E-state index in [-0.39, 0.29) is 0 Å². The summed E-state index contributed by atoms with van der Waals surface area (Å²) in [6, 6.07) is 1.92. The highest BCUT2D eigenvalue weighted by atomic mass is 79.9. The Balaban J connectivity index is 2.27. The zero-order valence-electron chi connectivity index (χ0n) is 9.44. The molecule has 0 spiro atoms. The minimum Gasteiger partial charge on any atom is -0.382 e. The Bertz CT molecular complexity index is 509. The van der Waals surface area contributed by atoms with Gasteiger partial charge in [-0.25, -0.2) is 0 Å². The van der Waals surface area contributed by atoms with E-state index in [0.717, 1.165) is 9.35 Å². The molecule has 17 heavy (non-hydrogen) atoms. The van der Waals surface area contributed by atoms with Crippen LogP contribution in [-0.2, 0) is 10.3 Å². The number of methoxy groups -OCH3 is 1. The maximum Gasteiger partial charge on any atom is 0.258 e. The third-order valence-corrected chi connectivity index (χ3v) is 3.70. The molecule has 1 atom stereocenters. The molecule has 0 amide bonds. The Morgan fingerprint density at radius 3 is 3.00 bits per heavy atom. The second-order valence-electron chi connectivity index (χ2n) is 3.91. The molecule has 5 nitrogen and oxygen atoms in total. The second kappa shape index (κ2) is 4.85. The summed E-state index contributed by atoms with van der Waals surface area (Å²) in [6.07, 6.45) is 0. The molecule has 0 saturated carbocycles. The van der Waals surface area contributed by atoms with Crippen molar-refractivity contribution in [2.24, 2.45) is 5.73 Å². The quantitative estimate of drug-likeness (QED) is 0.937. The van der Waals surface area contributed by atoms with Gasteiger partial charge in [0.2, 0.25) is 0 Å². The standard InChI is InChI=1S/C10H12BrN3O2S/c1-10(12,5-15-2)9-13-8(16-14-9)6-3-7(11)17-4-6/h3-4H,5,12H2,1-2H3. The van der Waals surface area contributed by atoms with Crippen molar-refractivity contribution < 1.29 is 9.26 Å². The van der Waals surface area contributed by atoms with E-state index in [9.17, 15) is 0 Å². The average molecular weight is 318 g/mol. The van der Waals surface area contributed by atoms with Gasteiger partial charge in [0.15, 0.2) is 5.82 Å². The van der Waals surface area contributed by atoms with Gasteiger partial charge >= 0.3 is 0 Å². The van der Waals surface area contributed by atoms with Gasteiger partial charge in [-0.3, -0.25) is 0 Å². The summed E-state index contributed by atoms with van der Waals surface area (Å²) in [5.41, 5.74) is 6.17. The topological polar surface area (TPSA) is 74.2 Å². The molecule has 2 aromatic heterocycles. The maximum absolute atomic E-state index is 6.03. The average Bonchev–Trinajstić information content (AvgIpc) is 2.85. The summed E-state index contributed by atoms with van der Waals surface area (Å²) >= 11 is 4.94. The molecule has 1 unspecified atom stereocenters. The van der Waals surface area contributed by atoms with Gasteiger partial charge in [0.25, 0.3) is 5.89 Å². The van der Waals surface area contributed by atoms with Gasteiger partial charge in [0, 0.05) is 12.5 Å². The summed E-state index contributed by atoms with van der Waals surface area (Å²) in [4.78, 5) is 4.29. The van der Waals surface area contributed by atoms with E-state index in [4.69, 9.17) is 15.0 Å². The number of rotatable bonds is 4. The highest BCUT2D eigenvalue weighted by molar-refractivity contribution is 9.11. The van der Waals surface area contributed by atoms with Gasteiger partial charge in [-0.05, 0) is 28.9 Å². The number of nitrogens with zero attached hydrogens (tertiary/aromatic N) is 2. The zero-order chi connectivity index (χ0) is 12.5. The first-order valence-electron chi connectivity index (χ1n) is 4.89. The van der Waals surface area contributed by atoms with Crippen LogP contribution in [0.3, 0.4) is 0 Å². The Morgan fingerprint density at radius 1 is 1.65 bits per heavy atom. The number of hydrogen-bond acceptors (Lipinski definition) is 6. The number of aromatic nitrogens is 2. The fourth-order valence-electron chi connectivity index (χ4n) is 1.36. The molecule has 2 aromatic rings. The molecule has 0 aliphatic carbocycles. The van der Waals surface area contributed by atoms with Crippen LogP contribution in [0.1, 0.15) is 12.7 Å². The number of halogens is 1. The molecule has 2 heterocycles. The molecule has 0 aliphatic rings. The van der Waals surface area contributed by atoms with E-state index in [1.165, 1.54) is 0 Å². The van der Waals surface area contributed by atoms with Crippen LogP contribution in [0.15, 0.2) is 19.8 Å². The van der Waals surface area contributed by atoms with Gasteiger partial charge in [0.05, 0.1) is 16.0 Å². The lowest BCUT2D eigenvalue weighted by Gasteiger charge is -2.18. The van der Waals surface area contributed by atoms with Crippen molar-refractivity contribution in [3.8, 4) is 11.5 Å². The number of hydrogen-bond donors (Lipinski definition) is 1. The summed E-state index contributed by atoms with van der Waals surface area (Å²) in [6.45, 7) is 2.13. The highest BCUT2D eigenvalue weighted by Gasteiger charge is 2.27. The number of thiophene rings is 1. The van der Waals surface area contributed by atoms with Gasteiger partial charge in [-0.15, -0.1) is 11.3 Å². The van der Waals surface area contributed by atoms with Crippen LogP contribution in [0.5, 0.6) is 0 Å². The lowest BCUT2D eigenvalue weighted by atomic mass is 10.1. The van der Waals surface area contributed by atoms with Crippen molar-refractivity contribution in [1.82, 2.24) is 10.1 Å². The molecule has 0 aromatic carbocycles. The van der Waals surface area contributed by atoms with E-state index in [2.05, 4.69) is 26.1 Å². The van der Waals surface area contributed by atoms with Crippen LogP contribution in [0.4, 0.5) is 0 Å². The van der Waals surface area contributed by atoms with Crippen molar-refractivity contribution >= 4 is 27.3 Å². The largest absolute Gasteiger partial charge is 0.382 e. The minimum absolute atomic E-state index is 0.333. The Labute approximate surface area is 111 Å². The number of ether oxygens (including phenoxy) is 1. The molecule has 2 rings (SSSR count). The molecule has 0 radical (unpaired) electrons. The van der Waals surface area contributed by atoms with Crippen molar-refractivity contribution in [3.63, 3.8) is 0 Å². The normalized spacial score (nSPS) is 14.8. The molecule has 7 heteroatoms. The van der Waals surface area contributed by atoms with Gasteiger partial charge in [-0.1, -0.05) is 5.16 Å². The summed E-state index contributed by atoms with van der Waals surface area (Å²) in [5, 5.41) is 5.83. The van der Waals surface area contributed by atoms with Crippen LogP contribution >= 0.6 is 27.3 Å². The SMILES string of the molecule is COCC(C)(N)c1noc(-c2csc(Br)c2)n1. The Hall–Kier alpha value is -0.760. The van der Waals surface area contributed by atoms with Gasteiger partial charge < -0.3 is 15.0 Å². The minimum atomic E-state index is -0.746. The first-order chi connectivity index (χ1) is 8.03. The van der Waals surface area contributed by atoms with E-state index < -0.39 is 5.54 Å². The number of nitrogens with two attached hydrogens (primary N) is 1. The van der Waals surface area contributed by atoms with Gasteiger partial charge in [0.1, 0.15) is 5.54 Å². The fraction of sp³-hybridized carbons (Fsp3) is 0.400. The zero-order valence-corrected chi connectivity index (χ0v) is 11.8. The van der Waals surface area contributed by atoms with Crippen molar-refractivity contribution in [2.75, 3.05) is 13.7 Å². The van der Waals surface area contributed by atoms with Crippen LogP contribution < -0.4 is 5.73 Å². The Morgan fingerprint density at radius 2 is 2.41 bits per heavy atom. The van der Waals surface area contributed by atoms with E-state index in [1.54, 1.807) is 25.4 Å². The third kappa shape index (κ3) is 2.74. The second-order valence-corrected chi connectivity index (χ2v) is 6.20. The van der Waals surface area contributed by atoms with Crippen molar-refractivity contribution in [2.45, 2.75) is 12.5 Å². The van der Waals surface area contributed by atoms with Crippen LogP contribution in [0, 0.1) is 0 Å². The van der Waals surface area contributed by atoms with Crippen molar-refractivity contribution in [1.29, 1.82) is 0 Å². The molecule has 92 valence electrons. The molecule has 0 aliphatic heterocycles. The van der Waals surface area contributed by atoms with Crippen LogP contribution in [0.2, 0.25) is 0 Å². The lowest BCUT2D eigenvalue weighted by Crippen LogP contribution is -2.38. The van der Waals surface area contributed by atoms with Crippen LogP contribution in [0.25, 0.3) is 11.5 Å². The molecular weight excluding hydrogens is 306 g/mol. The monoisotopic (exact) mass is 317 g/mol. The predicted molar refractivity (Wildman–Crippen MR) is 68.7 cm³/mol. The first-order valence-corrected chi connectivity index (χ1v) is 6.56. The smallest absolute Gasteiger partial charge is 0.258 e. The van der Waals surface area contributed by atoms with E-state index >= 15 is 0 Å². The van der Waals surface area contributed by atoms with Crippen molar-refractivity contribution in [3.05, 3.63) is 21.1 Å². The summed E-state index contributed by atoms with van der Waals surface area (Å²) < 4.78 is 11.2. The molecule has 0 bridgehead atoms. The molecule has 0 fully saturated rings. The van der Waals surface area contributed by atoms with E-state index in [0.29, 0.717) is 18.3 Å².